The molecule has 1 aromatic rings. The second kappa shape index (κ2) is 5.99. The largest absolute Gasteiger partial charge is 0.497 e. The maximum atomic E-state index is 10.6. The Morgan fingerprint density at radius 2 is 1.91 bits per heavy atom. The highest BCUT2D eigenvalue weighted by molar-refractivity contribution is 5.51. The number of hydrogen-bond acceptors (Lipinski definition) is 4. The summed E-state index contributed by atoms with van der Waals surface area (Å²) < 4.78 is 5.34. The first-order chi connectivity index (χ1) is 11.2. The van der Waals surface area contributed by atoms with Crippen LogP contribution in [-0.4, -0.2) is 54.4 Å². The number of ether oxygens (including phenoxy) is 1. The fourth-order valence-electron chi connectivity index (χ4n) is 4.53. The van der Waals surface area contributed by atoms with Crippen LogP contribution < -0.4 is 9.64 Å². The summed E-state index contributed by atoms with van der Waals surface area (Å²) in [6.45, 7) is 3.37. The van der Waals surface area contributed by atoms with Crippen LogP contribution in [0.25, 0.3) is 0 Å². The molecule has 1 aliphatic carbocycles. The molecule has 0 bridgehead atoms. The fraction of sp³-hybridized carbons (Fsp3) is 0.684. The monoisotopic (exact) mass is 316 g/mol. The highest BCUT2D eigenvalue weighted by Crippen LogP contribution is 2.46. The molecule has 0 spiro atoms. The standard InChI is InChI=1S/C19H28N2O2/c1-23-17-5-2-4-16(14-17)20-12-7-15(8-13-20)21-11-3-6-18(21)19(22)9-10-19/h2,4-5,14-15,18,22H,3,6-13H2,1H3. The molecule has 4 heteroatoms. The van der Waals surface area contributed by atoms with Gasteiger partial charge in [0.15, 0.2) is 0 Å². The normalized spacial score (nSPS) is 28.1. The Bertz CT molecular complexity index is 550. The Hall–Kier alpha value is -1.26. The zero-order valence-electron chi connectivity index (χ0n) is 14.1. The van der Waals surface area contributed by atoms with Crippen LogP contribution in [0.15, 0.2) is 24.3 Å². The highest BCUT2D eigenvalue weighted by atomic mass is 16.5. The lowest BCUT2D eigenvalue weighted by atomic mass is 9.99. The van der Waals surface area contributed by atoms with Gasteiger partial charge in [-0.3, -0.25) is 4.90 Å². The molecule has 2 aliphatic heterocycles. The zero-order valence-corrected chi connectivity index (χ0v) is 14.1. The van der Waals surface area contributed by atoms with Crippen molar-refractivity contribution >= 4 is 5.69 Å². The third-order valence-electron chi connectivity index (χ3n) is 6.03. The first-order valence-corrected chi connectivity index (χ1v) is 9.07. The summed E-state index contributed by atoms with van der Waals surface area (Å²) in [5.74, 6) is 0.931. The summed E-state index contributed by atoms with van der Waals surface area (Å²) in [6.07, 6.45) is 6.86. The summed E-state index contributed by atoms with van der Waals surface area (Å²) in [5, 5.41) is 10.6. The predicted octanol–water partition coefficient (Wildman–Crippen LogP) is 2.65. The second-order valence-electron chi connectivity index (χ2n) is 7.42. The Kier molecular flexibility index (Phi) is 3.98. The number of nitrogens with zero attached hydrogens (tertiary/aromatic N) is 2. The van der Waals surface area contributed by atoms with Crippen molar-refractivity contribution in [1.82, 2.24) is 4.90 Å². The molecule has 2 heterocycles. The van der Waals surface area contributed by atoms with Gasteiger partial charge in [0, 0.05) is 36.9 Å². The van der Waals surface area contributed by atoms with Crippen LogP contribution in [0.1, 0.15) is 38.5 Å². The summed E-state index contributed by atoms with van der Waals surface area (Å²) in [7, 11) is 1.72. The minimum absolute atomic E-state index is 0.347. The van der Waals surface area contributed by atoms with Crippen molar-refractivity contribution in [3.63, 3.8) is 0 Å². The summed E-state index contributed by atoms with van der Waals surface area (Å²) in [5.41, 5.74) is 0.919. The maximum absolute atomic E-state index is 10.6. The lowest BCUT2D eigenvalue weighted by Gasteiger charge is -2.41. The number of benzene rings is 1. The van der Waals surface area contributed by atoms with Gasteiger partial charge in [0.25, 0.3) is 0 Å². The van der Waals surface area contributed by atoms with E-state index in [1.807, 2.05) is 6.07 Å². The molecule has 0 radical (unpaired) electrons. The number of rotatable bonds is 4. The zero-order chi connectivity index (χ0) is 15.9. The molecule has 0 amide bonds. The van der Waals surface area contributed by atoms with E-state index >= 15 is 0 Å². The van der Waals surface area contributed by atoms with E-state index in [1.54, 1.807) is 7.11 Å². The molecule has 1 saturated carbocycles. The van der Waals surface area contributed by atoms with Gasteiger partial charge < -0.3 is 14.7 Å². The minimum atomic E-state index is -0.347. The number of methoxy groups -OCH3 is 1. The smallest absolute Gasteiger partial charge is 0.120 e. The number of likely N-dealkylation sites (tertiary alicyclic amines) is 1. The van der Waals surface area contributed by atoms with Crippen LogP contribution >= 0.6 is 0 Å². The van der Waals surface area contributed by atoms with Gasteiger partial charge in [0.05, 0.1) is 12.7 Å². The molecule has 1 unspecified atom stereocenters. The van der Waals surface area contributed by atoms with E-state index in [2.05, 4.69) is 28.0 Å². The average molecular weight is 316 g/mol. The van der Waals surface area contributed by atoms with Gasteiger partial charge in [-0.05, 0) is 57.2 Å². The van der Waals surface area contributed by atoms with Gasteiger partial charge in [0.1, 0.15) is 5.75 Å². The Morgan fingerprint density at radius 3 is 2.61 bits per heavy atom. The van der Waals surface area contributed by atoms with Crippen LogP contribution in [0, 0.1) is 0 Å². The van der Waals surface area contributed by atoms with Gasteiger partial charge >= 0.3 is 0 Å². The van der Waals surface area contributed by atoms with Crippen LogP contribution in [-0.2, 0) is 0 Å². The van der Waals surface area contributed by atoms with Crippen molar-refractivity contribution < 1.29 is 9.84 Å². The van der Waals surface area contributed by atoms with E-state index in [0.29, 0.717) is 12.1 Å². The maximum Gasteiger partial charge on any atom is 0.120 e. The van der Waals surface area contributed by atoms with Crippen molar-refractivity contribution in [3.8, 4) is 5.75 Å². The number of aliphatic hydroxyl groups is 1. The first kappa shape index (κ1) is 15.3. The molecular formula is C19H28N2O2. The molecule has 126 valence electrons. The molecule has 1 atom stereocenters. The van der Waals surface area contributed by atoms with Crippen LogP contribution in [0.5, 0.6) is 5.75 Å². The third kappa shape index (κ3) is 2.94. The average Bonchev–Trinajstić information content (AvgIpc) is 3.15. The molecule has 3 fully saturated rings. The van der Waals surface area contributed by atoms with Crippen molar-refractivity contribution in [2.75, 3.05) is 31.6 Å². The molecule has 23 heavy (non-hydrogen) atoms. The fourth-order valence-corrected chi connectivity index (χ4v) is 4.53. The third-order valence-corrected chi connectivity index (χ3v) is 6.03. The predicted molar refractivity (Wildman–Crippen MR) is 92.1 cm³/mol. The Labute approximate surface area is 139 Å². The van der Waals surface area contributed by atoms with Gasteiger partial charge in [0.2, 0.25) is 0 Å². The molecular weight excluding hydrogens is 288 g/mol. The van der Waals surface area contributed by atoms with Crippen LogP contribution in [0.2, 0.25) is 0 Å². The van der Waals surface area contributed by atoms with Crippen molar-refractivity contribution in [1.29, 1.82) is 0 Å². The van der Waals surface area contributed by atoms with Crippen LogP contribution in [0.4, 0.5) is 5.69 Å². The molecule has 4 nitrogen and oxygen atoms in total. The molecule has 3 aliphatic rings. The Morgan fingerprint density at radius 1 is 1.13 bits per heavy atom. The number of anilines is 1. The lowest BCUT2D eigenvalue weighted by Crippen LogP contribution is -2.50. The van der Waals surface area contributed by atoms with Crippen molar-refractivity contribution in [2.45, 2.75) is 56.2 Å². The van der Waals surface area contributed by atoms with Gasteiger partial charge in [-0.15, -0.1) is 0 Å². The van der Waals surface area contributed by atoms with Gasteiger partial charge in [-0.25, -0.2) is 0 Å². The van der Waals surface area contributed by atoms with E-state index < -0.39 is 0 Å². The quantitative estimate of drug-likeness (QED) is 0.926. The number of piperidine rings is 1. The van der Waals surface area contributed by atoms with E-state index in [4.69, 9.17) is 4.74 Å². The molecule has 2 saturated heterocycles. The van der Waals surface area contributed by atoms with Crippen molar-refractivity contribution in [3.05, 3.63) is 24.3 Å². The topological polar surface area (TPSA) is 35.9 Å². The van der Waals surface area contributed by atoms with Crippen LogP contribution in [0.3, 0.4) is 0 Å². The lowest BCUT2D eigenvalue weighted by molar-refractivity contribution is 0.0253. The van der Waals surface area contributed by atoms with E-state index in [-0.39, 0.29) is 5.60 Å². The summed E-state index contributed by atoms with van der Waals surface area (Å²) in [4.78, 5) is 5.10. The molecule has 4 rings (SSSR count). The van der Waals surface area contributed by atoms with E-state index in [1.165, 1.54) is 37.9 Å². The second-order valence-corrected chi connectivity index (χ2v) is 7.42. The summed E-state index contributed by atoms with van der Waals surface area (Å²) >= 11 is 0. The van der Waals surface area contributed by atoms with E-state index in [0.717, 1.165) is 31.7 Å². The van der Waals surface area contributed by atoms with Gasteiger partial charge in [-0.2, -0.15) is 0 Å². The summed E-state index contributed by atoms with van der Waals surface area (Å²) in [6, 6.07) is 9.45. The Balaban J connectivity index is 1.39. The van der Waals surface area contributed by atoms with Crippen molar-refractivity contribution in [2.24, 2.45) is 0 Å². The molecule has 0 aromatic heterocycles. The van der Waals surface area contributed by atoms with Gasteiger partial charge in [-0.1, -0.05) is 6.07 Å². The molecule has 1 aromatic carbocycles. The SMILES string of the molecule is COc1cccc(N2CCC(N3CCCC3C3(O)CC3)CC2)c1. The molecule has 1 N–H and O–H groups in total. The highest BCUT2D eigenvalue weighted by Gasteiger charge is 2.52. The minimum Gasteiger partial charge on any atom is -0.497 e. The van der Waals surface area contributed by atoms with E-state index in [9.17, 15) is 5.11 Å². The first-order valence-electron chi connectivity index (χ1n) is 9.07. The number of hydrogen-bond donors (Lipinski definition) is 1.